The summed E-state index contributed by atoms with van der Waals surface area (Å²) in [5.74, 6) is 0. The van der Waals surface area contributed by atoms with Crippen molar-refractivity contribution in [3.63, 3.8) is 0 Å². The summed E-state index contributed by atoms with van der Waals surface area (Å²) in [6.07, 6.45) is 6.55. The van der Waals surface area contributed by atoms with Gasteiger partial charge in [-0.15, -0.1) is 0 Å². The van der Waals surface area contributed by atoms with Gasteiger partial charge in [0.05, 0.1) is 13.2 Å². The van der Waals surface area contributed by atoms with Crippen LogP contribution in [0.15, 0.2) is 24.5 Å². The molecule has 4 heteroatoms. The zero-order chi connectivity index (χ0) is 12.0. The molecule has 94 valence electrons. The molecule has 0 amide bonds. The van der Waals surface area contributed by atoms with Crippen LogP contribution >= 0.6 is 0 Å². The molecule has 1 aromatic heterocycles. The number of hydrogen-bond donors (Lipinski definition) is 1. The molecule has 1 aliphatic heterocycles. The SMILES string of the molecule is NCC1(OCCc2cccnc2)CCCOC1. The molecule has 2 heterocycles. The van der Waals surface area contributed by atoms with Crippen molar-refractivity contribution in [2.75, 3.05) is 26.4 Å². The van der Waals surface area contributed by atoms with Gasteiger partial charge in [0.25, 0.3) is 0 Å². The summed E-state index contributed by atoms with van der Waals surface area (Å²) in [5.41, 5.74) is 6.73. The zero-order valence-corrected chi connectivity index (χ0v) is 10.1. The van der Waals surface area contributed by atoms with Crippen LogP contribution in [0.2, 0.25) is 0 Å². The van der Waals surface area contributed by atoms with E-state index in [1.807, 2.05) is 12.3 Å². The Labute approximate surface area is 102 Å². The highest BCUT2D eigenvalue weighted by Crippen LogP contribution is 2.22. The lowest BCUT2D eigenvalue weighted by Crippen LogP contribution is -2.48. The molecule has 17 heavy (non-hydrogen) atoms. The Bertz CT molecular complexity index is 323. The van der Waals surface area contributed by atoms with Crippen LogP contribution in [0.5, 0.6) is 0 Å². The Morgan fingerprint density at radius 1 is 1.53 bits per heavy atom. The standard InChI is InChI=1S/C13H20N2O2/c14-10-13(5-2-7-16-11-13)17-8-4-12-3-1-6-15-9-12/h1,3,6,9H,2,4-5,7-8,10-11,14H2. The molecular formula is C13H20N2O2. The topological polar surface area (TPSA) is 57.4 Å². The maximum atomic E-state index is 5.95. The van der Waals surface area contributed by atoms with Crippen molar-refractivity contribution < 1.29 is 9.47 Å². The highest BCUT2D eigenvalue weighted by atomic mass is 16.5. The Hall–Kier alpha value is -0.970. The number of ether oxygens (including phenoxy) is 2. The Morgan fingerprint density at radius 2 is 2.47 bits per heavy atom. The second-order valence-electron chi connectivity index (χ2n) is 4.50. The normalized spacial score (nSPS) is 24.8. The first-order valence-corrected chi connectivity index (χ1v) is 6.15. The first-order chi connectivity index (χ1) is 8.35. The molecule has 0 aliphatic carbocycles. The smallest absolute Gasteiger partial charge is 0.104 e. The summed E-state index contributed by atoms with van der Waals surface area (Å²) in [7, 11) is 0. The monoisotopic (exact) mass is 236 g/mol. The van der Waals surface area contributed by atoms with E-state index in [0.717, 1.165) is 25.9 Å². The molecule has 2 N–H and O–H groups in total. The van der Waals surface area contributed by atoms with Gasteiger partial charge in [-0.2, -0.15) is 0 Å². The first-order valence-electron chi connectivity index (χ1n) is 6.15. The van der Waals surface area contributed by atoms with Crippen LogP contribution in [-0.2, 0) is 15.9 Å². The Balaban J connectivity index is 1.80. The maximum Gasteiger partial charge on any atom is 0.104 e. The maximum absolute atomic E-state index is 5.95. The minimum Gasteiger partial charge on any atom is -0.378 e. The van der Waals surface area contributed by atoms with Gasteiger partial charge in [0.2, 0.25) is 0 Å². The minimum absolute atomic E-state index is 0.263. The van der Waals surface area contributed by atoms with E-state index >= 15 is 0 Å². The number of nitrogens with zero attached hydrogens (tertiary/aromatic N) is 1. The van der Waals surface area contributed by atoms with Gasteiger partial charge in [0, 0.05) is 25.5 Å². The van der Waals surface area contributed by atoms with Crippen molar-refractivity contribution in [1.29, 1.82) is 0 Å². The van der Waals surface area contributed by atoms with Crippen molar-refractivity contribution >= 4 is 0 Å². The lowest BCUT2D eigenvalue weighted by atomic mass is 9.96. The number of rotatable bonds is 5. The number of aromatic nitrogens is 1. The van der Waals surface area contributed by atoms with Gasteiger partial charge in [-0.1, -0.05) is 6.07 Å². The van der Waals surface area contributed by atoms with E-state index in [4.69, 9.17) is 15.2 Å². The molecule has 0 aromatic carbocycles. The second-order valence-corrected chi connectivity index (χ2v) is 4.50. The summed E-state index contributed by atoms with van der Waals surface area (Å²) in [4.78, 5) is 4.08. The largest absolute Gasteiger partial charge is 0.378 e. The highest BCUT2D eigenvalue weighted by molar-refractivity contribution is 5.08. The van der Waals surface area contributed by atoms with Gasteiger partial charge in [-0.25, -0.2) is 0 Å². The van der Waals surface area contributed by atoms with Crippen LogP contribution in [0.3, 0.4) is 0 Å². The van der Waals surface area contributed by atoms with Gasteiger partial charge in [0.1, 0.15) is 5.60 Å². The molecule has 0 spiro atoms. The third kappa shape index (κ3) is 3.49. The molecule has 1 aliphatic rings. The average Bonchev–Trinajstić information content (AvgIpc) is 2.41. The number of hydrogen-bond acceptors (Lipinski definition) is 4. The van der Waals surface area contributed by atoms with E-state index in [9.17, 15) is 0 Å². The summed E-state index contributed by atoms with van der Waals surface area (Å²) >= 11 is 0. The summed E-state index contributed by atoms with van der Waals surface area (Å²) < 4.78 is 11.4. The van der Waals surface area contributed by atoms with Crippen LogP contribution in [0.1, 0.15) is 18.4 Å². The van der Waals surface area contributed by atoms with Crippen LogP contribution in [0.4, 0.5) is 0 Å². The second kappa shape index (κ2) is 6.10. The third-order valence-electron chi connectivity index (χ3n) is 3.18. The van der Waals surface area contributed by atoms with Gasteiger partial charge in [-0.05, 0) is 30.9 Å². The predicted octanol–water partition coefficient (Wildman–Crippen LogP) is 1.15. The molecule has 1 atom stereocenters. The average molecular weight is 236 g/mol. The Kier molecular flexibility index (Phi) is 4.48. The fraction of sp³-hybridized carbons (Fsp3) is 0.615. The van der Waals surface area contributed by atoms with Gasteiger partial charge < -0.3 is 15.2 Å². The lowest BCUT2D eigenvalue weighted by Gasteiger charge is -2.35. The van der Waals surface area contributed by atoms with Crippen molar-refractivity contribution in [1.82, 2.24) is 4.98 Å². The van der Waals surface area contributed by atoms with Crippen LogP contribution in [0.25, 0.3) is 0 Å². The predicted molar refractivity (Wildman–Crippen MR) is 65.7 cm³/mol. The molecule has 1 saturated heterocycles. The molecule has 1 fully saturated rings. The molecule has 0 saturated carbocycles. The summed E-state index contributed by atoms with van der Waals surface area (Å²) in [6, 6.07) is 4.00. The molecular weight excluding hydrogens is 216 g/mol. The third-order valence-corrected chi connectivity index (χ3v) is 3.18. The fourth-order valence-electron chi connectivity index (χ4n) is 2.09. The van der Waals surface area contributed by atoms with Crippen LogP contribution in [-0.4, -0.2) is 37.0 Å². The fourth-order valence-corrected chi connectivity index (χ4v) is 2.09. The molecule has 1 unspecified atom stereocenters. The van der Waals surface area contributed by atoms with Crippen molar-refractivity contribution in [2.24, 2.45) is 5.73 Å². The van der Waals surface area contributed by atoms with E-state index < -0.39 is 0 Å². The molecule has 0 bridgehead atoms. The van der Waals surface area contributed by atoms with E-state index in [-0.39, 0.29) is 5.60 Å². The van der Waals surface area contributed by atoms with Crippen molar-refractivity contribution in [2.45, 2.75) is 24.9 Å². The van der Waals surface area contributed by atoms with Crippen LogP contribution in [0, 0.1) is 0 Å². The summed E-state index contributed by atoms with van der Waals surface area (Å²) in [5, 5.41) is 0. The molecule has 1 aromatic rings. The molecule has 4 nitrogen and oxygen atoms in total. The zero-order valence-electron chi connectivity index (χ0n) is 10.1. The van der Waals surface area contributed by atoms with Gasteiger partial charge in [0.15, 0.2) is 0 Å². The van der Waals surface area contributed by atoms with E-state index in [1.54, 1.807) is 6.20 Å². The van der Waals surface area contributed by atoms with Gasteiger partial charge >= 0.3 is 0 Å². The minimum atomic E-state index is -0.263. The van der Waals surface area contributed by atoms with Crippen LogP contribution < -0.4 is 5.73 Å². The lowest BCUT2D eigenvalue weighted by molar-refractivity contribution is -0.122. The first kappa shape index (κ1) is 12.5. The number of nitrogens with two attached hydrogens (primary N) is 1. The molecule has 0 radical (unpaired) electrons. The van der Waals surface area contributed by atoms with Gasteiger partial charge in [-0.3, -0.25) is 4.98 Å². The van der Waals surface area contributed by atoms with E-state index in [1.165, 1.54) is 5.56 Å². The Morgan fingerprint density at radius 3 is 3.12 bits per heavy atom. The van der Waals surface area contributed by atoms with Crippen molar-refractivity contribution in [3.8, 4) is 0 Å². The summed E-state index contributed by atoms with van der Waals surface area (Å²) in [6.45, 7) is 2.65. The van der Waals surface area contributed by atoms with E-state index in [0.29, 0.717) is 19.8 Å². The molecule has 2 rings (SSSR count). The highest BCUT2D eigenvalue weighted by Gasteiger charge is 2.32. The van der Waals surface area contributed by atoms with E-state index in [2.05, 4.69) is 11.1 Å². The van der Waals surface area contributed by atoms with Crippen molar-refractivity contribution in [3.05, 3.63) is 30.1 Å². The number of pyridine rings is 1. The quantitative estimate of drug-likeness (QED) is 0.833.